The van der Waals surface area contributed by atoms with E-state index in [-0.39, 0.29) is 6.42 Å². The number of aliphatic carboxylic acids is 1. The summed E-state index contributed by atoms with van der Waals surface area (Å²) in [5.41, 5.74) is 1.88. The third-order valence-electron chi connectivity index (χ3n) is 3.80. The summed E-state index contributed by atoms with van der Waals surface area (Å²) in [5.74, 6) is -0.0500. The number of aromatic nitrogens is 2. The van der Waals surface area contributed by atoms with E-state index >= 15 is 0 Å². The lowest BCUT2D eigenvalue weighted by atomic mass is 10.1. The average molecular weight is 277 g/mol. The lowest BCUT2D eigenvalue weighted by Gasteiger charge is -2.28. The van der Waals surface area contributed by atoms with Gasteiger partial charge in [-0.3, -0.25) is 9.69 Å². The number of rotatable bonds is 5. The van der Waals surface area contributed by atoms with Gasteiger partial charge in [0.1, 0.15) is 5.82 Å². The van der Waals surface area contributed by atoms with Crippen molar-refractivity contribution < 1.29 is 9.90 Å². The summed E-state index contributed by atoms with van der Waals surface area (Å²) in [7, 11) is 0. The van der Waals surface area contributed by atoms with Gasteiger partial charge in [-0.25, -0.2) is 9.97 Å². The van der Waals surface area contributed by atoms with Crippen molar-refractivity contribution in [2.24, 2.45) is 0 Å². The Hall–Kier alpha value is -1.49. The smallest absolute Gasteiger partial charge is 0.303 e. The van der Waals surface area contributed by atoms with Gasteiger partial charge < -0.3 is 5.11 Å². The number of hydrogen-bond donors (Lipinski definition) is 1. The topological polar surface area (TPSA) is 66.3 Å². The maximum absolute atomic E-state index is 10.7. The Bertz CT molecular complexity index is 488. The van der Waals surface area contributed by atoms with E-state index in [4.69, 9.17) is 5.11 Å². The van der Waals surface area contributed by atoms with Gasteiger partial charge >= 0.3 is 5.97 Å². The minimum Gasteiger partial charge on any atom is -0.481 e. The molecule has 1 aromatic heterocycles. The van der Waals surface area contributed by atoms with E-state index in [2.05, 4.69) is 28.7 Å². The number of carboxylic acids is 1. The van der Waals surface area contributed by atoms with Crippen molar-refractivity contribution in [2.45, 2.75) is 58.5 Å². The molecule has 20 heavy (non-hydrogen) atoms. The Labute approximate surface area is 120 Å². The van der Waals surface area contributed by atoms with Crippen LogP contribution < -0.4 is 0 Å². The molecule has 1 saturated heterocycles. The van der Waals surface area contributed by atoms with Crippen LogP contribution in [0.15, 0.2) is 6.07 Å². The molecule has 1 atom stereocenters. The van der Waals surface area contributed by atoms with Crippen LogP contribution in [-0.2, 0) is 11.2 Å². The minimum atomic E-state index is -0.785. The van der Waals surface area contributed by atoms with Crippen LogP contribution in [0.5, 0.6) is 0 Å². The van der Waals surface area contributed by atoms with Crippen molar-refractivity contribution in [1.29, 1.82) is 0 Å². The molecule has 1 fully saturated rings. The first-order valence-electron chi connectivity index (χ1n) is 7.29. The molecule has 5 heteroatoms. The zero-order valence-corrected chi connectivity index (χ0v) is 12.5. The Balaban J connectivity index is 2.20. The van der Waals surface area contributed by atoms with Gasteiger partial charge in [-0.15, -0.1) is 0 Å². The Kier molecular flexibility index (Phi) is 4.70. The molecule has 0 saturated carbocycles. The van der Waals surface area contributed by atoms with Crippen LogP contribution in [0.1, 0.15) is 56.4 Å². The predicted molar refractivity (Wildman–Crippen MR) is 76.5 cm³/mol. The number of aryl methyl sites for hydroxylation is 2. The normalized spacial score (nSPS) is 19.7. The van der Waals surface area contributed by atoms with Crippen LogP contribution in [0, 0.1) is 6.92 Å². The van der Waals surface area contributed by atoms with Crippen molar-refractivity contribution in [3.63, 3.8) is 0 Å². The van der Waals surface area contributed by atoms with Crippen molar-refractivity contribution in [3.8, 4) is 0 Å². The molecule has 0 unspecified atom stereocenters. The summed E-state index contributed by atoms with van der Waals surface area (Å²) < 4.78 is 0. The molecular weight excluding hydrogens is 254 g/mol. The molecule has 0 amide bonds. The molecule has 0 radical (unpaired) electrons. The fraction of sp³-hybridized carbons (Fsp3) is 0.667. The highest BCUT2D eigenvalue weighted by atomic mass is 16.4. The van der Waals surface area contributed by atoms with Crippen molar-refractivity contribution in [3.05, 3.63) is 23.3 Å². The molecule has 110 valence electrons. The van der Waals surface area contributed by atoms with Crippen LogP contribution in [0.4, 0.5) is 0 Å². The van der Waals surface area contributed by atoms with Crippen molar-refractivity contribution >= 4 is 5.97 Å². The van der Waals surface area contributed by atoms with Crippen molar-refractivity contribution in [2.75, 3.05) is 6.54 Å². The highest BCUT2D eigenvalue weighted by Crippen LogP contribution is 2.32. The number of nitrogens with zero attached hydrogens (tertiary/aromatic N) is 3. The number of carbonyl (C=O) groups is 1. The van der Waals surface area contributed by atoms with Crippen molar-refractivity contribution in [1.82, 2.24) is 14.9 Å². The van der Waals surface area contributed by atoms with E-state index in [9.17, 15) is 4.79 Å². The lowest BCUT2D eigenvalue weighted by Crippen LogP contribution is -2.31. The van der Waals surface area contributed by atoms with E-state index in [1.54, 1.807) is 0 Å². The summed E-state index contributed by atoms with van der Waals surface area (Å²) in [4.78, 5) is 22.1. The first-order valence-corrected chi connectivity index (χ1v) is 7.29. The molecule has 1 aromatic rings. The SMILES string of the molecule is Cc1nc(CCC(=O)O)cc([C@@H]2CCCN2C(C)C)n1. The molecule has 0 aromatic carbocycles. The molecule has 5 nitrogen and oxygen atoms in total. The molecule has 2 rings (SSSR count). The Morgan fingerprint density at radius 1 is 1.50 bits per heavy atom. The number of carboxylic acid groups (broad SMARTS) is 1. The second-order valence-corrected chi connectivity index (χ2v) is 5.71. The molecule has 1 aliphatic rings. The van der Waals surface area contributed by atoms with Gasteiger partial charge in [0.2, 0.25) is 0 Å². The number of hydrogen-bond acceptors (Lipinski definition) is 4. The second kappa shape index (κ2) is 6.31. The molecule has 1 N–H and O–H groups in total. The predicted octanol–water partition coefficient (Wildman–Crippen LogP) is 2.35. The summed E-state index contributed by atoms with van der Waals surface area (Å²) in [6.07, 6.45) is 2.90. The van der Waals surface area contributed by atoms with Crippen LogP contribution in [-0.4, -0.2) is 38.5 Å². The molecule has 1 aliphatic heterocycles. The van der Waals surface area contributed by atoms with E-state index in [1.165, 1.54) is 6.42 Å². The van der Waals surface area contributed by atoms with Crippen LogP contribution in [0.25, 0.3) is 0 Å². The van der Waals surface area contributed by atoms with Gasteiger partial charge in [0, 0.05) is 18.2 Å². The zero-order chi connectivity index (χ0) is 14.7. The second-order valence-electron chi connectivity index (χ2n) is 5.71. The summed E-state index contributed by atoms with van der Waals surface area (Å²) >= 11 is 0. The van der Waals surface area contributed by atoms with Gasteiger partial charge in [0.05, 0.1) is 18.2 Å². The summed E-state index contributed by atoms with van der Waals surface area (Å²) in [6.45, 7) is 7.40. The Morgan fingerprint density at radius 3 is 2.90 bits per heavy atom. The van der Waals surface area contributed by atoms with Crippen LogP contribution >= 0.6 is 0 Å². The maximum atomic E-state index is 10.7. The molecule has 2 heterocycles. The van der Waals surface area contributed by atoms with Gasteiger partial charge in [-0.2, -0.15) is 0 Å². The zero-order valence-electron chi connectivity index (χ0n) is 12.5. The monoisotopic (exact) mass is 277 g/mol. The van der Waals surface area contributed by atoms with Gasteiger partial charge in [-0.1, -0.05) is 0 Å². The van der Waals surface area contributed by atoms with Gasteiger partial charge in [0.15, 0.2) is 0 Å². The van der Waals surface area contributed by atoms with E-state index in [1.807, 2.05) is 13.0 Å². The highest BCUT2D eigenvalue weighted by molar-refractivity contribution is 5.66. The summed E-state index contributed by atoms with van der Waals surface area (Å²) in [5, 5.41) is 8.79. The molecular formula is C15H23N3O2. The third-order valence-corrected chi connectivity index (χ3v) is 3.80. The fourth-order valence-corrected chi connectivity index (χ4v) is 2.91. The van der Waals surface area contributed by atoms with Gasteiger partial charge in [-0.05, 0) is 46.2 Å². The van der Waals surface area contributed by atoms with E-state index in [0.29, 0.717) is 18.5 Å². The maximum Gasteiger partial charge on any atom is 0.303 e. The summed E-state index contributed by atoms with van der Waals surface area (Å²) in [6, 6.07) is 2.84. The van der Waals surface area contributed by atoms with Crippen LogP contribution in [0.3, 0.4) is 0 Å². The first kappa shape index (κ1) is 14.9. The van der Waals surface area contributed by atoms with Crippen LogP contribution in [0.2, 0.25) is 0 Å². The largest absolute Gasteiger partial charge is 0.481 e. The lowest BCUT2D eigenvalue weighted by molar-refractivity contribution is -0.136. The molecule has 0 bridgehead atoms. The standard InChI is InChI=1S/C15H23N3O2/c1-10(2)18-8-4-5-14(18)13-9-12(6-7-15(19)20)16-11(3)17-13/h9-10,14H,4-8H2,1-3H3,(H,19,20)/t14-/m0/s1. The van der Waals surface area contributed by atoms with Gasteiger partial charge in [0.25, 0.3) is 0 Å². The third kappa shape index (κ3) is 3.54. The highest BCUT2D eigenvalue weighted by Gasteiger charge is 2.29. The minimum absolute atomic E-state index is 0.119. The van der Waals surface area contributed by atoms with E-state index < -0.39 is 5.97 Å². The molecule has 0 spiro atoms. The molecule has 0 aliphatic carbocycles. The Morgan fingerprint density at radius 2 is 2.25 bits per heavy atom. The van der Waals surface area contributed by atoms with E-state index in [0.717, 1.165) is 30.2 Å². The quantitative estimate of drug-likeness (QED) is 0.895. The number of likely N-dealkylation sites (tertiary alicyclic amines) is 1. The average Bonchev–Trinajstić information content (AvgIpc) is 2.85. The fourth-order valence-electron chi connectivity index (χ4n) is 2.91. The first-order chi connectivity index (χ1) is 9.47.